The standard InChI is InChI=1S/C20H22O5/c1-19(13-8-15(23-11-13)12-6-7-22-10-12)9-17-20(2)14(18(21)24-17)4-3-5-16(20)25-19/h4,6-7,10-11,15-17H,3,5,8-9H2,1-2H3. The molecule has 2 saturated heterocycles. The molecule has 0 amide bonds. The van der Waals surface area contributed by atoms with E-state index in [2.05, 4.69) is 13.8 Å². The first-order chi connectivity index (χ1) is 12.0. The Morgan fingerprint density at radius 1 is 1.24 bits per heavy atom. The van der Waals surface area contributed by atoms with E-state index in [0.717, 1.165) is 36.0 Å². The lowest BCUT2D eigenvalue weighted by Crippen LogP contribution is -2.56. The first-order valence-electron chi connectivity index (χ1n) is 8.97. The van der Waals surface area contributed by atoms with Crippen molar-refractivity contribution in [2.45, 2.75) is 63.4 Å². The van der Waals surface area contributed by atoms with Crippen LogP contribution >= 0.6 is 0 Å². The second-order valence-corrected chi connectivity index (χ2v) is 7.94. The summed E-state index contributed by atoms with van der Waals surface area (Å²) in [5.41, 5.74) is 2.17. The van der Waals surface area contributed by atoms with Crippen LogP contribution in [0.4, 0.5) is 0 Å². The molecule has 0 saturated carbocycles. The van der Waals surface area contributed by atoms with Crippen molar-refractivity contribution in [3.8, 4) is 0 Å². The van der Waals surface area contributed by atoms with Crippen LogP contribution in [0, 0.1) is 5.41 Å². The molecule has 5 unspecified atom stereocenters. The average Bonchev–Trinajstić information content (AvgIpc) is 3.29. The molecule has 0 radical (unpaired) electrons. The summed E-state index contributed by atoms with van der Waals surface area (Å²) in [5, 5.41) is 0. The van der Waals surface area contributed by atoms with Gasteiger partial charge in [-0.15, -0.1) is 0 Å². The molecule has 5 atom stereocenters. The molecule has 25 heavy (non-hydrogen) atoms. The Hall–Kier alpha value is -2.01. The van der Waals surface area contributed by atoms with E-state index in [1.165, 1.54) is 0 Å². The molecular formula is C20H22O5. The fourth-order valence-electron chi connectivity index (χ4n) is 4.88. The van der Waals surface area contributed by atoms with Gasteiger partial charge in [-0.25, -0.2) is 4.79 Å². The molecule has 5 heteroatoms. The number of allylic oxidation sites excluding steroid dienone is 1. The van der Waals surface area contributed by atoms with E-state index in [0.29, 0.717) is 6.42 Å². The van der Waals surface area contributed by atoms with Crippen molar-refractivity contribution >= 4 is 5.97 Å². The normalized spacial score (nSPS) is 42.3. The van der Waals surface area contributed by atoms with Gasteiger partial charge in [-0.05, 0) is 38.3 Å². The molecular weight excluding hydrogens is 320 g/mol. The van der Waals surface area contributed by atoms with Gasteiger partial charge in [0.2, 0.25) is 0 Å². The third-order valence-electron chi connectivity index (χ3n) is 6.52. The van der Waals surface area contributed by atoms with Gasteiger partial charge in [0, 0.05) is 24.0 Å². The van der Waals surface area contributed by atoms with Gasteiger partial charge in [0.1, 0.15) is 12.2 Å². The molecule has 3 aliphatic heterocycles. The lowest BCUT2D eigenvalue weighted by atomic mass is 9.64. The molecule has 2 fully saturated rings. The number of carbonyl (C=O) groups is 1. The zero-order valence-electron chi connectivity index (χ0n) is 14.5. The molecule has 1 aromatic heterocycles. The second kappa shape index (κ2) is 5.01. The summed E-state index contributed by atoms with van der Waals surface area (Å²) in [4.78, 5) is 12.3. The van der Waals surface area contributed by atoms with Crippen LogP contribution in [0.1, 0.15) is 51.2 Å². The van der Waals surface area contributed by atoms with Crippen LogP contribution in [0.15, 0.2) is 46.5 Å². The van der Waals surface area contributed by atoms with Gasteiger partial charge in [-0.1, -0.05) is 6.08 Å². The number of hydrogen-bond donors (Lipinski definition) is 0. The maximum Gasteiger partial charge on any atom is 0.334 e. The Kier molecular flexibility index (Phi) is 3.06. The van der Waals surface area contributed by atoms with Crippen LogP contribution in [0.2, 0.25) is 0 Å². The molecule has 132 valence electrons. The summed E-state index contributed by atoms with van der Waals surface area (Å²) in [6.45, 7) is 4.22. The van der Waals surface area contributed by atoms with E-state index in [-0.39, 0.29) is 29.7 Å². The van der Waals surface area contributed by atoms with E-state index in [1.807, 2.05) is 18.4 Å². The maximum absolute atomic E-state index is 12.3. The predicted octanol–water partition coefficient (Wildman–Crippen LogP) is 3.82. The molecule has 4 aliphatic rings. The molecule has 0 bridgehead atoms. The van der Waals surface area contributed by atoms with Crippen molar-refractivity contribution in [3.63, 3.8) is 0 Å². The number of furan rings is 1. The van der Waals surface area contributed by atoms with Crippen molar-refractivity contribution in [3.05, 3.63) is 47.6 Å². The van der Waals surface area contributed by atoms with E-state index >= 15 is 0 Å². The monoisotopic (exact) mass is 342 g/mol. The molecule has 4 heterocycles. The molecule has 0 N–H and O–H groups in total. The third-order valence-corrected chi connectivity index (χ3v) is 6.52. The molecule has 5 nitrogen and oxygen atoms in total. The van der Waals surface area contributed by atoms with E-state index in [4.69, 9.17) is 18.6 Å². The number of esters is 1. The van der Waals surface area contributed by atoms with Gasteiger partial charge >= 0.3 is 5.97 Å². The summed E-state index contributed by atoms with van der Waals surface area (Å²) in [7, 11) is 0. The summed E-state index contributed by atoms with van der Waals surface area (Å²) < 4.78 is 23.4. The quantitative estimate of drug-likeness (QED) is 0.765. The van der Waals surface area contributed by atoms with E-state index in [1.54, 1.807) is 12.5 Å². The highest BCUT2D eigenvalue weighted by Crippen LogP contribution is 2.57. The average molecular weight is 342 g/mol. The zero-order chi connectivity index (χ0) is 17.2. The third kappa shape index (κ3) is 2.02. The van der Waals surface area contributed by atoms with Gasteiger partial charge < -0.3 is 18.6 Å². The van der Waals surface area contributed by atoms with Crippen LogP contribution in [0.5, 0.6) is 0 Å². The van der Waals surface area contributed by atoms with Gasteiger partial charge in [0.05, 0.1) is 35.9 Å². The minimum atomic E-state index is -0.472. The number of hydrogen-bond acceptors (Lipinski definition) is 5. The van der Waals surface area contributed by atoms with Crippen molar-refractivity contribution in [1.82, 2.24) is 0 Å². The largest absolute Gasteiger partial charge is 0.493 e. The Morgan fingerprint density at radius 2 is 2.12 bits per heavy atom. The van der Waals surface area contributed by atoms with Gasteiger partial charge in [0.15, 0.2) is 0 Å². The van der Waals surface area contributed by atoms with Crippen molar-refractivity contribution in [2.75, 3.05) is 0 Å². The minimum Gasteiger partial charge on any atom is -0.493 e. The Morgan fingerprint density at radius 3 is 2.92 bits per heavy atom. The zero-order valence-corrected chi connectivity index (χ0v) is 14.5. The van der Waals surface area contributed by atoms with Crippen molar-refractivity contribution < 1.29 is 23.4 Å². The van der Waals surface area contributed by atoms with Crippen LogP contribution < -0.4 is 0 Å². The summed E-state index contributed by atoms with van der Waals surface area (Å²) in [6, 6.07) is 1.93. The second-order valence-electron chi connectivity index (χ2n) is 7.94. The topological polar surface area (TPSA) is 57.9 Å². The summed E-state index contributed by atoms with van der Waals surface area (Å²) in [5.74, 6) is -0.169. The lowest BCUT2D eigenvalue weighted by Gasteiger charge is -2.51. The van der Waals surface area contributed by atoms with Crippen molar-refractivity contribution in [1.29, 1.82) is 0 Å². The van der Waals surface area contributed by atoms with Crippen molar-refractivity contribution in [2.24, 2.45) is 5.41 Å². The summed E-state index contributed by atoms with van der Waals surface area (Å²) >= 11 is 0. The van der Waals surface area contributed by atoms with Crippen LogP contribution in [0.25, 0.3) is 0 Å². The smallest absolute Gasteiger partial charge is 0.334 e. The first kappa shape index (κ1) is 15.3. The molecule has 1 aromatic rings. The summed E-state index contributed by atoms with van der Waals surface area (Å²) in [6.07, 6.45) is 10.3. The Bertz CT molecular complexity index is 776. The predicted molar refractivity (Wildman–Crippen MR) is 88.4 cm³/mol. The first-order valence-corrected chi connectivity index (χ1v) is 8.97. The highest BCUT2D eigenvalue weighted by Gasteiger charge is 2.62. The number of ether oxygens (including phenoxy) is 3. The van der Waals surface area contributed by atoms with Crippen LogP contribution in [-0.2, 0) is 19.0 Å². The van der Waals surface area contributed by atoms with Gasteiger partial charge in [0.25, 0.3) is 0 Å². The fourth-order valence-corrected chi connectivity index (χ4v) is 4.88. The molecule has 1 aliphatic carbocycles. The van der Waals surface area contributed by atoms with Crippen LogP contribution in [0.3, 0.4) is 0 Å². The van der Waals surface area contributed by atoms with Gasteiger partial charge in [-0.2, -0.15) is 0 Å². The Balaban J connectivity index is 1.43. The molecule has 5 rings (SSSR count). The fraction of sp³-hybridized carbons (Fsp3) is 0.550. The van der Waals surface area contributed by atoms with Gasteiger partial charge in [-0.3, -0.25) is 0 Å². The number of rotatable bonds is 2. The highest BCUT2D eigenvalue weighted by atomic mass is 16.6. The number of carbonyl (C=O) groups excluding carboxylic acids is 1. The minimum absolute atomic E-state index is 0.00317. The molecule has 0 aromatic carbocycles. The maximum atomic E-state index is 12.3. The Labute approximate surface area is 146 Å². The SMILES string of the molecule is CC1(C2=COC(c3ccoc3)C2)CC2OC(=O)C3=CCCC(O1)C32C. The van der Waals surface area contributed by atoms with E-state index in [9.17, 15) is 4.79 Å². The highest BCUT2D eigenvalue weighted by molar-refractivity contribution is 5.93. The van der Waals surface area contributed by atoms with Crippen LogP contribution in [-0.4, -0.2) is 23.8 Å². The van der Waals surface area contributed by atoms with E-state index < -0.39 is 5.60 Å². The molecule has 0 spiro atoms. The lowest BCUT2D eigenvalue weighted by molar-refractivity contribution is -0.190.